The third-order valence-corrected chi connectivity index (χ3v) is 5.74. The number of fused-ring (bicyclic) bond motifs is 2. The Bertz CT molecular complexity index is 1340. The number of rotatable bonds is 3. The molecule has 0 N–H and O–H groups in total. The molecule has 5 aromatic carbocycles. The summed E-state index contributed by atoms with van der Waals surface area (Å²) in [5, 5.41) is 13.6. The molecule has 0 aliphatic rings. The standard InChI is InChI=1S/C26H17BrN2/c27-26-15-14-23(24-16-19-6-4-5-7-20(19)17-25(24)26)18-10-12-22(13-11-18)29-28-21-8-2-1-3-9-21/h1-17H. The molecule has 0 saturated heterocycles. The Morgan fingerprint density at radius 2 is 1.10 bits per heavy atom. The van der Waals surface area contributed by atoms with Crippen molar-refractivity contribution in [2.75, 3.05) is 0 Å². The van der Waals surface area contributed by atoms with Crippen LogP contribution in [0.5, 0.6) is 0 Å². The Balaban J connectivity index is 1.56. The average molecular weight is 437 g/mol. The van der Waals surface area contributed by atoms with Crippen LogP contribution < -0.4 is 0 Å². The average Bonchev–Trinajstić information content (AvgIpc) is 2.78. The number of azo groups is 1. The number of halogens is 1. The van der Waals surface area contributed by atoms with Gasteiger partial charge in [0, 0.05) is 4.47 Å². The SMILES string of the molecule is Brc1ccc(-c2ccc(N=Nc3ccccc3)cc2)c2cc3ccccc3cc12. The highest BCUT2D eigenvalue weighted by atomic mass is 79.9. The minimum absolute atomic E-state index is 0.837. The van der Waals surface area contributed by atoms with Gasteiger partial charge in [-0.05, 0) is 75.1 Å². The summed E-state index contributed by atoms with van der Waals surface area (Å²) in [5.41, 5.74) is 4.06. The van der Waals surface area contributed by atoms with E-state index >= 15 is 0 Å². The van der Waals surface area contributed by atoms with Crippen LogP contribution in [-0.4, -0.2) is 0 Å². The fraction of sp³-hybridized carbons (Fsp3) is 0. The number of nitrogens with zero attached hydrogens (tertiary/aromatic N) is 2. The van der Waals surface area contributed by atoms with Gasteiger partial charge in [-0.25, -0.2) is 0 Å². The monoisotopic (exact) mass is 436 g/mol. The minimum Gasteiger partial charge on any atom is -0.151 e. The molecule has 0 bridgehead atoms. The molecule has 29 heavy (non-hydrogen) atoms. The predicted octanol–water partition coefficient (Wildman–Crippen LogP) is 8.84. The zero-order chi connectivity index (χ0) is 19.6. The first kappa shape index (κ1) is 17.8. The van der Waals surface area contributed by atoms with Crippen molar-refractivity contribution < 1.29 is 0 Å². The van der Waals surface area contributed by atoms with Gasteiger partial charge in [-0.1, -0.05) is 76.6 Å². The number of benzene rings is 5. The Labute approximate surface area is 177 Å². The minimum atomic E-state index is 0.837. The topological polar surface area (TPSA) is 24.7 Å². The van der Waals surface area contributed by atoms with Crippen molar-refractivity contribution in [3.05, 3.63) is 108 Å². The third kappa shape index (κ3) is 3.57. The largest absolute Gasteiger partial charge is 0.151 e. The fourth-order valence-corrected chi connectivity index (χ4v) is 4.03. The van der Waals surface area contributed by atoms with Crippen LogP contribution >= 0.6 is 15.9 Å². The van der Waals surface area contributed by atoms with Gasteiger partial charge < -0.3 is 0 Å². The van der Waals surface area contributed by atoms with Crippen LogP contribution in [0.4, 0.5) is 11.4 Å². The van der Waals surface area contributed by atoms with Gasteiger partial charge in [0.1, 0.15) is 0 Å². The molecule has 0 heterocycles. The van der Waals surface area contributed by atoms with E-state index in [0.29, 0.717) is 0 Å². The van der Waals surface area contributed by atoms with Crippen LogP contribution in [0, 0.1) is 0 Å². The Kier molecular flexibility index (Phi) is 4.66. The summed E-state index contributed by atoms with van der Waals surface area (Å²) in [7, 11) is 0. The van der Waals surface area contributed by atoms with Gasteiger partial charge >= 0.3 is 0 Å². The first-order valence-corrected chi connectivity index (χ1v) is 10.3. The fourth-order valence-electron chi connectivity index (χ4n) is 3.57. The van der Waals surface area contributed by atoms with Crippen molar-refractivity contribution in [3.8, 4) is 11.1 Å². The van der Waals surface area contributed by atoms with Gasteiger partial charge in [0.15, 0.2) is 0 Å². The summed E-state index contributed by atoms with van der Waals surface area (Å²) < 4.78 is 1.11. The Morgan fingerprint density at radius 3 is 1.79 bits per heavy atom. The molecule has 0 spiro atoms. The highest BCUT2D eigenvalue weighted by molar-refractivity contribution is 9.10. The first-order valence-electron chi connectivity index (χ1n) is 9.46. The van der Waals surface area contributed by atoms with E-state index in [4.69, 9.17) is 0 Å². The van der Waals surface area contributed by atoms with E-state index in [1.54, 1.807) is 0 Å². The first-order chi connectivity index (χ1) is 14.3. The van der Waals surface area contributed by atoms with Crippen molar-refractivity contribution in [3.63, 3.8) is 0 Å². The molecular weight excluding hydrogens is 420 g/mol. The van der Waals surface area contributed by atoms with Gasteiger partial charge in [-0.15, -0.1) is 0 Å². The van der Waals surface area contributed by atoms with Crippen molar-refractivity contribution in [1.29, 1.82) is 0 Å². The summed E-state index contributed by atoms with van der Waals surface area (Å²) in [6.45, 7) is 0. The molecule has 2 nitrogen and oxygen atoms in total. The summed E-state index contributed by atoms with van der Waals surface area (Å²) in [6, 6.07) is 35.3. The molecule has 0 aromatic heterocycles. The summed E-state index contributed by atoms with van der Waals surface area (Å²) in [6.07, 6.45) is 0. The van der Waals surface area contributed by atoms with Crippen LogP contribution in [0.1, 0.15) is 0 Å². The van der Waals surface area contributed by atoms with Crippen LogP contribution in [0.2, 0.25) is 0 Å². The second-order valence-electron chi connectivity index (χ2n) is 6.92. The van der Waals surface area contributed by atoms with Crippen molar-refractivity contribution >= 4 is 48.8 Å². The molecule has 0 saturated carbocycles. The normalized spacial score (nSPS) is 11.5. The van der Waals surface area contributed by atoms with Gasteiger partial charge in [-0.3, -0.25) is 0 Å². The molecule has 138 valence electrons. The summed E-state index contributed by atoms with van der Waals surface area (Å²) >= 11 is 3.72. The lowest BCUT2D eigenvalue weighted by atomic mass is 9.95. The molecule has 0 unspecified atom stereocenters. The quantitative estimate of drug-likeness (QED) is 0.199. The summed E-state index contributed by atoms with van der Waals surface area (Å²) in [5.74, 6) is 0. The molecule has 0 aliphatic carbocycles. The van der Waals surface area contributed by atoms with Gasteiger partial charge in [-0.2, -0.15) is 10.2 Å². The highest BCUT2D eigenvalue weighted by Crippen LogP contribution is 2.36. The van der Waals surface area contributed by atoms with E-state index in [9.17, 15) is 0 Å². The van der Waals surface area contributed by atoms with E-state index in [0.717, 1.165) is 21.4 Å². The van der Waals surface area contributed by atoms with Gasteiger partial charge in [0.05, 0.1) is 11.4 Å². The Morgan fingerprint density at radius 1 is 0.517 bits per heavy atom. The van der Waals surface area contributed by atoms with Crippen molar-refractivity contribution in [1.82, 2.24) is 0 Å². The maximum absolute atomic E-state index is 4.35. The molecule has 0 radical (unpaired) electrons. The van der Waals surface area contributed by atoms with Crippen molar-refractivity contribution in [2.24, 2.45) is 10.2 Å². The van der Waals surface area contributed by atoms with E-state index in [-0.39, 0.29) is 0 Å². The van der Waals surface area contributed by atoms with Crippen LogP contribution in [0.3, 0.4) is 0 Å². The van der Waals surface area contributed by atoms with Gasteiger partial charge in [0.2, 0.25) is 0 Å². The lowest BCUT2D eigenvalue weighted by Gasteiger charge is -2.11. The zero-order valence-corrected chi connectivity index (χ0v) is 17.2. The number of hydrogen-bond donors (Lipinski definition) is 0. The summed E-state index contributed by atoms with van der Waals surface area (Å²) in [4.78, 5) is 0. The van der Waals surface area contributed by atoms with Gasteiger partial charge in [0.25, 0.3) is 0 Å². The van der Waals surface area contributed by atoms with E-state index < -0.39 is 0 Å². The van der Waals surface area contributed by atoms with E-state index in [2.05, 4.69) is 86.8 Å². The lowest BCUT2D eigenvalue weighted by Crippen LogP contribution is -1.84. The third-order valence-electron chi connectivity index (χ3n) is 5.05. The molecule has 0 fully saturated rings. The molecular formula is C26H17BrN2. The molecule has 0 amide bonds. The van der Waals surface area contributed by atoms with Crippen LogP contribution in [0.25, 0.3) is 32.7 Å². The van der Waals surface area contributed by atoms with E-state index in [1.807, 2.05) is 42.5 Å². The number of hydrogen-bond acceptors (Lipinski definition) is 2. The second-order valence-corrected chi connectivity index (χ2v) is 7.78. The molecule has 0 aliphatic heterocycles. The maximum atomic E-state index is 4.35. The molecule has 3 heteroatoms. The zero-order valence-electron chi connectivity index (χ0n) is 15.6. The molecule has 0 atom stereocenters. The van der Waals surface area contributed by atoms with E-state index in [1.165, 1.54) is 27.1 Å². The van der Waals surface area contributed by atoms with Crippen LogP contribution in [-0.2, 0) is 0 Å². The lowest BCUT2D eigenvalue weighted by molar-refractivity contribution is 1.23. The predicted molar refractivity (Wildman–Crippen MR) is 125 cm³/mol. The molecule has 5 aromatic rings. The van der Waals surface area contributed by atoms with Crippen LogP contribution in [0.15, 0.2) is 118 Å². The van der Waals surface area contributed by atoms with Crippen molar-refractivity contribution in [2.45, 2.75) is 0 Å². The Hall–Kier alpha value is -3.30. The second kappa shape index (κ2) is 7.61. The molecule has 5 rings (SSSR count). The highest BCUT2D eigenvalue weighted by Gasteiger charge is 2.08. The maximum Gasteiger partial charge on any atom is 0.0857 e. The smallest absolute Gasteiger partial charge is 0.0857 e.